The molecule has 0 atom stereocenters. The van der Waals surface area contributed by atoms with Crippen molar-refractivity contribution in [2.75, 3.05) is 11.1 Å². The predicted molar refractivity (Wildman–Crippen MR) is 82.6 cm³/mol. The van der Waals surface area contributed by atoms with E-state index in [1.165, 1.54) is 28.6 Å². The van der Waals surface area contributed by atoms with Crippen LogP contribution in [-0.2, 0) is 11.8 Å². The van der Waals surface area contributed by atoms with Crippen LogP contribution in [0.4, 0.5) is 5.69 Å². The van der Waals surface area contributed by atoms with Gasteiger partial charge in [0.1, 0.15) is 0 Å². The summed E-state index contributed by atoms with van der Waals surface area (Å²) >= 11 is 1.20. The highest BCUT2D eigenvalue weighted by atomic mass is 32.2. The van der Waals surface area contributed by atoms with Crippen LogP contribution in [0.1, 0.15) is 22.3 Å². The summed E-state index contributed by atoms with van der Waals surface area (Å²) in [4.78, 5) is 34.3. The van der Waals surface area contributed by atoms with Gasteiger partial charge in [0.15, 0.2) is 7.05 Å². The fourth-order valence-electron chi connectivity index (χ4n) is 1.83. The van der Waals surface area contributed by atoms with Crippen molar-refractivity contribution >= 4 is 29.3 Å². The first-order valence-electron chi connectivity index (χ1n) is 6.72. The number of amides is 1. The molecule has 1 aromatic carbocycles. The summed E-state index contributed by atoms with van der Waals surface area (Å²) in [5, 5.41) is 14.4. The second kappa shape index (κ2) is 7.14. The van der Waals surface area contributed by atoms with Gasteiger partial charge in [-0.1, -0.05) is 10.7 Å². The van der Waals surface area contributed by atoms with Gasteiger partial charge in [-0.2, -0.15) is 0 Å². The predicted octanol–water partition coefficient (Wildman–Crippen LogP) is 0.920. The lowest BCUT2D eigenvalue weighted by atomic mass is 10.1. The van der Waals surface area contributed by atoms with Crippen LogP contribution in [0.5, 0.6) is 0 Å². The molecule has 0 fully saturated rings. The van der Waals surface area contributed by atoms with Gasteiger partial charge in [-0.3, -0.25) is 9.32 Å². The zero-order valence-electron chi connectivity index (χ0n) is 12.6. The third kappa shape index (κ3) is 4.22. The maximum Gasteiger partial charge on any atom is 0.441 e. The van der Waals surface area contributed by atoms with Gasteiger partial charge in [0.25, 0.3) is 0 Å². The average Bonchev–Trinajstić information content (AvgIpc) is 2.81. The number of hydrogen-bond acceptors (Lipinski definition) is 5. The van der Waals surface area contributed by atoms with Gasteiger partial charge < -0.3 is 10.4 Å². The van der Waals surface area contributed by atoms with Gasteiger partial charge in [-0.15, -0.1) is 0 Å². The van der Waals surface area contributed by atoms with E-state index in [2.05, 4.69) is 15.1 Å². The van der Waals surface area contributed by atoms with Crippen molar-refractivity contribution in [1.29, 1.82) is 0 Å². The van der Waals surface area contributed by atoms with E-state index in [0.29, 0.717) is 16.5 Å². The molecular weight excluding hydrogens is 322 g/mol. The molecule has 9 heteroatoms. The van der Waals surface area contributed by atoms with Gasteiger partial charge in [0, 0.05) is 17.9 Å². The zero-order valence-corrected chi connectivity index (χ0v) is 13.4. The minimum absolute atomic E-state index is 0.109. The van der Waals surface area contributed by atoms with E-state index in [4.69, 9.17) is 5.11 Å². The molecule has 0 saturated carbocycles. The highest BCUT2D eigenvalue weighted by Crippen LogP contribution is 2.18. The maximum absolute atomic E-state index is 12.0. The van der Waals surface area contributed by atoms with E-state index in [1.54, 1.807) is 20.0 Å². The molecule has 0 aliphatic heterocycles. The Labute approximate surface area is 135 Å². The first kappa shape index (κ1) is 16.8. The number of benzene rings is 1. The molecule has 0 saturated heterocycles. The van der Waals surface area contributed by atoms with Gasteiger partial charge in [-0.05, 0) is 41.7 Å². The Balaban J connectivity index is 1.94. The van der Waals surface area contributed by atoms with E-state index in [1.807, 2.05) is 0 Å². The number of aromatic amines is 1. The maximum atomic E-state index is 12.0. The molecule has 0 bridgehead atoms. The third-order valence-electron chi connectivity index (χ3n) is 3.08. The normalized spacial score (nSPS) is 10.5. The Bertz CT molecular complexity index is 796. The number of carbonyl (C=O) groups is 2. The van der Waals surface area contributed by atoms with Gasteiger partial charge >= 0.3 is 16.6 Å². The summed E-state index contributed by atoms with van der Waals surface area (Å²) in [5.41, 5.74) is 0.862. The van der Waals surface area contributed by atoms with Crippen LogP contribution in [0.15, 0.2) is 32.5 Å². The summed E-state index contributed by atoms with van der Waals surface area (Å²) in [6.45, 7) is 1.78. The van der Waals surface area contributed by atoms with Crippen molar-refractivity contribution in [3.05, 3.63) is 39.7 Å². The van der Waals surface area contributed by atoms with E-state index in [9.17, 15) is 14.4 Å². The second-order valence-corrected chi connectivity index (χ2v) is 5.91. The Morgan fingerprint density at radius 2 is 2.17 bits per heavy atom. The number of aromatic carboxylic acids is 1. The lowest BCUT2D eigenvalue weighted by Gasteiger charge is -2.08. The molecule has 2 rings (SSSR count). The van der Waals surface area contributed by atoms with E-state index in [0.717, 1.165) is 5.56 Å². The average molecular weight is 338 g/mol. The number of nitrogens with one attached hydrogen (secondary N) is 2. The van der Waals surface area contributed by atoms with Crippen molar-refractivity contribution in [3.63, 3.8) is 0 Å². The monoisotopic (exact) mass is 338 g/mol. The molecule has 0 spiro atoms. The number of nitrogens with zero attached hydrogens (tertiary/aromatic N) is 1. The standard InChI is InChI=1S/C14H15N3O5S/c1-8-3-4-9(13(19)20)7-10(8)15-11(18)5-6-23-12-14(21)22-16-17(12)2/h3-4,7H,5-6H2,1-2H3,(H2-,15,16,18,19,20,21)/p+1. The zero-order chi connectivity index (χ0) is 17.0. The number of aromatic nitrogens is 2. The van der Waals surface area contributed by atoms with Crippen LogP contribution >= 0.6 is 11.8 Å². The molecule has 23 heavy (non-hydrogen) atoms. The van der Waals surface area contributed by atoms with Crippen molar-refractivity contribution < 1.29 is 23.9 Å². The smallest absolute Gasteiger partial charge is 0.441 e. The highest BCUT2D eigenvalue weighted by molar-refractivity contribution is 7.99. The van der Waals surface area contributed by atoms with Gasteiger partial charge in [-0.25, -0.2) is 9.59 Å². The van der Waals surface area contributed by atoms with Crippen molar-refractivity contribution in [2.45, 2.75) is 18.4 Å². The summed E-state index contributed by atoms with van der Waals surface area (Å²) in [6.07, 6.45) is 0.173. The minimum atomic E-state index is -1.05. The molecule has 8 nitrogen and oxygen atoms in total. The molecule has 1 amide bonds. The molecule has 0 radical (unpaired) electrons. The Morgan fingerprint density at radius 1 is 1.43 bits per heavy atom. The Kier molecular flexibility index (Phi) is 5.22. The molecule has 122 valence electrons. The van der Waals surface area contributed by atoms with Crippen LogP contribution < -0.4 is 15.6 Å². The van der Waals surface area contributed by atoms with Crippen molar-refractivity contribution in [2.24, 2.45) is 7.05 Å². The number of carboxylic acids is 1. The summed E-state index contributed by atoms with van der Waals surface area (Å²) in [6, 6.07) is 4.54. The summed E-state index contributed by atoms with van der Waals surface area (Å²) in [5.74, 6) is -0.923. The van der Waals surface area contributed by atoms with Crippen LogP contribution in [0, 0.1) is 6.92 Å². The topological polar surface area (TPSA) is 116 Å². The number of carboxylic acid groups (broad SMARTS) is 1. The number of thioether (sulfide) groups is 1. The van der Waals surface area contributed by atoms with Crippen LogP contribution in [0.3, 0.4) is 0 Å². The molecular formula is C14H16N3O5S+. The van der Waals surface area contributed by atoms with Crippen LogP contribution in [-0.4, -0.2) is 28.0 Å². The number of rotatable bonds is 6. The molecule has 0 aliphatic rings. The van der Waals surface area contributed by atoms with E-state index in [-0.39, 0.29) is 17.9 Å². The van der Waals surface area contributed by atoms with Crippen LogP contribution in [0.25, 0.3) is 0 Å². The number of H-pyrrole nitrogens is 1. The second-order valence-electron chi connectivity index (χ2n) is 4.83. The molecule has 3 N–H and O–H groups in total. The minimum Gasteiger partial charge on any atom is -0.478 e. The van der Waals surface area contributed by atoms with Gasteiger partial charge in [0.05, 0.1) is 5.56 Å². The first-order chi connectivity index (χ1) is 10.9. The molecule has 2 aromatic rings. The molecule has 0 aliphatic carbocycles. The molecule has 1 aromatic heterocycles. The van der Waals surface area contributed by atoms with E-state index >= 15 is 0 Å². The number of anilines is 1. The number of aryl methyl sites for hydroxylation is 2. The highest BCUT2D eigenvalue weighted by Gasteiger charge is 2.18. The number of carbonyl (C=O) groups excluding carboxylic acids is 1. The fraction of sp³-hybridized carbons (Fsp3) is 0.286. The molecule has 1 heterocycles. The largest absolute Gasteiger partial charge is 0.478 e. The summed E-state index contributed by atoms with van der Waals surface area (Å²) in [7, 11) is 1.63. The quantitative estimate of drug-likeness (QED) is 0.533. The SMILES string of the molecule is Cc1ccc(C(=O)O)cc1NC(=O)CCSc1c(=O)o[nH][n+]1C. The number of hydrogen-bond donors (Lipinski definition) is 3. The molecule has 0 unspecified atom stereocenters. The Morgan fingerprint density at radius 3 is 2.78 bits per heavy atom. The van der Waals surface area contributed by atoms with Crippen LogP contribution in [0.2, 0.25) is 0 Å². The van der Waals surface area contributed by atoms with Gasteiger partial charge in [0.2, 0.25) is 5.91 Å². The first-order valence-corrected chi connectivity index (χ1v) is 7.71. The summed E-state index contributed by atoms with van der Waals surface area (Å²) < 4.78 is 6.04. The lowest BCUT2D eigenvalue weighted by molar-refractivity contribution is -0.772. The Hall–Kier alpha value is -2.55. The van der Waals surface area contributed by atoms with Crippen molar-refractivity contribution in [3.8, 4) is 0 Å². The third-order valence-corrected chi connectivity index (χ3v) is 4.20. The van der Waals surface area contributed by atoms with E-state index < -0.39 is 11.6 Å². The lowest BCUT2D eigenvalue weighted by Crippen LogP contribution is -2.33. The fourth-order valence-corrected chi connectivity index (χ4v) is 2.70. The van der Waals surface area contributed by atoms with Crippen molar-refractivity contribution in [1.82, 2.24) is 5.27 Å².